The van der Waals surface area contributed by atoms with Crippen LogP contribution in [-0.2, 0) is 19.3 Å². The van der Waals surface area contributed by atoms with Crippen LogP contribution in [-0.4, -0.2) is 0 Å². The molecule has 0 N–H and O–H groups in total. The van der Waals surface area contributed by atoms with Gasteiger partial charge in [0.25, 0.3) is 0 Å². The van der Waals surface area contributed by atoms with Gasteiger partial charge in [0.1, 0.15) is 0 Å². The van der Waals surface area contributed by atoms with E-state index in [-0.39, 0.29) is 0 Å². The fourth-order valence-electron chi connectivity index (χ4n) is 5.63. The minimum absolute atomic E-state index is 0.564. The molecule has 146 valence electrons. The van der Waals surface area contributed by atoms with Gasteiger partial charge >= 0.3 is 0 Å². The fraction of sp³-hybridized carbons (Fsp3) is 0.200. The Balaban J connectivity index is 1.26. The summed E-state index contributed by atoms with van der Waals surface area (Å²) in [5.74, 6) is 0.564. The maximum atomic E-state index is 2.41. The SMILES string of the molecule is CC(CCc1cccc2c1Cc1ccccc1-2)c1cccc2c1Cc1ccccc1-2. The lowest BCUT2D eigenvalue weighted by Crippen LogP contribution is -2.02. The van der Waals surface area contributed by atoms with Crippen LogP contribution in [0.25, 0.3) is 22.3 Å². The molecule has 4 aromatic carbocycles. The Labute approximate surface area is 179 Å². The van der Waals surface area contributed by atoms with Crippen LogP contribution in [0.3, 0.4) is 0 Å². The van der Waals surface area contributed by atoms with Crippen molar-refractivity contribution in [1.29, 1.82) is 0 Å². The van der Waals surface area contributed by atoms with Crippen molar-refractivity contribution in [2.24, 2.45) is 0 Å². The van der Waals surface area contributed by atoms with Gasteiger partial charge in [-0.3, -0.25) is 0 Å². The summed E-state index contributed by atoms with van der Waals surface area (Å²) < 4.78 is 0. The monoisotopic (exact) mass is 386 g/mol. The van der Waals surface area contributed by atoms with E-state index in [1.165, 1.54) is 45.4 Å². The Hall–Kier alpha value is -3.12. The number of rotatable bonds is 4. The van der Waals surface area contributed by atoms with Crippen LogP contribution in [0, 0.1) is 0 Å². The Morgan fingerprint density at radius 3 is 1.90 bits per heavy atom. The van der Waals surface area contributed by atoms with E-state index in [0.717, 1.165) is 19.3 Å². The Bertz CT molecular complexity index is 1260. The third-order valence-corrected chi connectivity index (χ3v) is 7.21. The number of hydrogen-bond donors (Lipinski definition) is 0. The van der Waals surface area contributed by atoms with Crippen molar-refractivity contribution in [3.63, 3.8) is 0 Å². The van der Waals surface area contributed by atoms with Crippen LogP contribution in [0.2, 0.25) is 0 Å². The predicted octanol–water partition coefficient (Wildman–Crippen LogP) is 7.57. The van der Waals surface area contributed by atoms with Gasteiger partial charge in [-0.1, -0.05) is 91.9 Å². The number of benzene rings is 4. The van der Waals surface area contributed by atoms with E-state index in [9.17, 15) is 0 Å². The van der Waals surface area contributed by atoms with Crippen molar-refractivity contribution in [2.45, 2.75) is 38.5 Å². The van der Waals surface area contributed by atoms with Crippen molar-refractivity contribution < 1.29 is 0 Å². The molecule has 0 nitrogen and oxygen atoms in total. The largest absolute Gasteiger partial charge is 0.0619 e. The standard InChI is InChI=1S/C30H26/c1-20(24-13-7-15-28-26-12-5-3-9-23(26)19-30(24)28)16-17-21-10-6-14-27-25-11-4-2-8-22(25)18-29(21)27/h2-15,20H,16-19H2,1H3. The summed E-state index contributed by atoms with van der Waals surface area (Å²) in [6.45, 7) is 2.41. The number of fused-ring (bicyclic) bond motifs is 6. The Morgan fingerprint density at radius 1 is 0.600 bits per heavy atom. The third kappa shape index (κ3) is 2.75. The summed E-state index contributed by atoms with van der Waals surface area (Å²) >= 11 is 0. The maximum absolute atomic E-state index is 2.41. The molecule has 0 aliphatic heterocycles. The highest BCUT2D eigenvalue weighted by Crippen LogP contribution is 2.42. The third-order valence-electron chi connectivity index (χ3n) is 7.21. The van der Waals surface area contributed by atoms with Crippen molar-refractivity contribution in [1.82, 2.24) is 0 Å². The van der Waals surface area contributed by atoms with Gasteiger partial charge in [-0.25, -0.2) is 0 Å². The average Bonchev–Trinajstić information content (AvgIpc) is 3.36. The van der Waals surface area contributed by atoms with Gasteiger partial charge in [0.15, 0.2) is 0 Å². The van der Waals surface area contributed by atoms with E-state index in [2.05, 4.69) is 91.9 Å². The molecule has 30 heavy (non-hydrogen) atoms. The van der Waals surface area contributed by atoms with Crippen LogP contribution in [0.15, 0.2) is 84.9 Å². The Kier molecular flexibility index (Phi) is 4.13. The normalized spacial score (nSPS) is 14.0. The molecule has 0 saturated heterocycles. The topological polar surface area (TPSA) is 0 Å². The molecule has 0 radical (unpaired) electrons. The maximum Gasteiger partial charge on any atom is -0.00106 e. The highest BCUT2D eigenvalue weighted by atomic mass is 14.3. The highest BCUT2D eigenvalue weighted by Gasteiger charge is 2.24. The van der Waals surface area contributed by atoms with Crippen LogP contribution in [0.1, 0.15) is 52.6 Å². The molecule has 1 unspecified atom stereocenters. The van der Waals surface area contributed by atoms with Crippen LogP contribution in [0.5, 0.6) is 0 Å². The molecule has 0 bridgehead atoms. The fourth-order valence-corrected chi connectivity index (χ4v) is 5.63. The first kappa shape index (κ1) is 17.7. The molecule has 0 saturated carbocycles. The zero-order valence-electron chi connectivity index (χ0n) is 17.5. The van der Waals surface area contributed by atoms with Crippen LogP contribution < -0.4 is 0 Å². The van der Waals surface area contributed by atoms with E-state index in [1.807, 2.05) is 0 Å². The lowest BCUT2D eigenvalue weighted by atomic mass is 9.87. The van der Waals surface area contributed by atoms with Gasteiger partial charge < -0.3 is 0 Å². The lowest BCUT2D eigenvalue weighted by molar-refractivity contribution is 0.672. The summed E-state index contributed by atoms with van der Waals surface area (Å²) in [6, 6.07) is 31.6. The molecule has 0 heteroatoms. The second-order valence-corrected chi connectivity index (χ2v) is 8.92. The van der Waals surface area contributed by atoms with Crippen LogP contribution >= 0.6 is 0 Å². The average molecular weight is 387 g/mol. The van der Waals surface area contributed by atoms with E-state index >= 15 is 0 Å². The van der Waals surface area contributed by atoms with Crippen molar-refractivity contribution in [2.75, 3.05) is 0 Å². The molecule has 0 aromatic heterocycles. The molecule has 6 rings (SSSR count). The van der Waals surface area contributed by atoms with Gasteiger partial charge in [-0.05, 0) is 87.2 Å². The summed E-state index contributed by atoms with van der Waals surface area (Å²) in [4.78, 5) is 0. The first-order valence-electron chi connectivity index (χ1n) is 11.2. The molecular formula is C30H26. The summed E-state index contributed by atoms with van der Waals surface area (Å²) in [6.07, 6.45) is 4.52. The van der Waals surface area contributed by atoms with E-state index in [0.29, 0.717) is 5.92 Å². The van der Waals surface area contributed by atoms with E-state index in [4.69, 9.17) is 0 Å². The highest BCUT2D eigenvalue weighted by molar-refractivity contribution is 5.79. The van der Waals surface area contributed by atoms with Gasteiger partial charge in [0, 0.05) is 0 Å². The van der Waals surface area contributed by atoms with Crippen LogP contribution in [0.4, 0.5) is 0 Å². The minimum atomic E-state index is 0.564. The summed E-state index contributed by atoms with van der Waals surface area (Å²) in [5, 5.41) is 0. The first-order chi connectivity index (χ1) is 14.8. The molecule has 0 amide bonds. The van der Waals surface area contributed by atoms with Gasteiger partial charge in [-0.15, -0.1) is 0 Å². The predicted molar refractivity (Wildman–Crippen MR) is 126 cm³/mol. The molecular weight excluding hydrogens is 360 g/mol. The van der Waals surface area contributed by atoms with Gasteiger partial charge in [0.05, 0.1) is 0 Å². The second kappa shape index (κ2) is 6.99. The second-order valence-electron chi connectivity index (χ2n) is 8.92. The van der Waals surface area contributed by atoms with E-state index in [1.54, 1.807) is 16.7 Å². The van der Waals surface area contributed by atoms with E-state index < -0.39 is 0 Å². The van der Waals surface area contributed by atoms with Crippen molar-refractivity contribution in [3.05, 3.63) is 118 Å². The first-order valence-corrected chi connectivity index (χ1v) is 11.2. The van der Waals surface area contributed by atoms with Gasteiger partial charge in [0.2, 0.25) is 0 Å². The van der Waals surface area contributed by atoms with Gasteiger partial charge in [-0.2, -0.15) is 0 Å². The zero-order valence-corrected chi connectivity index (χ0v) is 17.5. The molecule has 1 atom stereocenters. The number of hydrogen-bond acceptors (Lipinski definition) is 0. The molecule has 0 heterocycles. The molecule has 0 spiro atoms. The summed E-state index contributed by atoms with van der Waals surface area (Å²) in [7, 11) is 0. The number of aryl methyl sites for hydroxylation is 1. The smallest absolute Gasteiger partial charge is 0.00106 e. The molecule has 2 aliphatic carbocycles. The lowest BCUT2D eigenvalue weighted by Gasteiger charge is -2.17. The minimum Gasteiger partial charge on any atom is -0.0619 e. The molecule has 0 fully saturated rings. The molecule has 4 aromatic rings. The Morgan fingerprint density at radius 2 is 1.17 bits per heavy atom. The zero-order chi connectivity index (χ0) is 20.1. The summed E-state index contributed by atoms with van der Waals surface area (Å²) in [5.41, 5.74) is 14.9. The van der Waals surface area contributed by atoms with Crippen molar-refractivity contribution >= 4 is 0 Å². The quantitative estimate of drug-likeness (QED) is 0.293. The molecule has 2 aliphatic rings. The van der Waals surface area contributed by atoms with Crippen molar-refractivity contribution in [3.8, 4) is 22.3 Å².